The molecule has 138 valence electrons. The molecule has 4 rings (SSSR count). The first-order valence-electron chi connectivity index (χ1n) is 8.35. The van der Waals surface area contributed by atoms with Gasteiger partial charge in [0.15, 0.2) is 5.17 Å². The molecule has 1 fully saturated rings. The Hall–Kier alpha value is -3.58. The zero-order valence-corrected chi connectivity index (χ0v) is 15.2. The summed E-state index contributed by atoms with van der Waals surface area (Å²) in [5.74, 6) is -0.527. The van der Waals surface area contributed by atoms with Gasteiger partial charge in [-0.2, -0.15) is 0 Å². The molecule has 6 nitrogen and oxygen atoms in total. The standard InChI is InChI=1S/C21H14N2O4S/c24-19-18(28-21(23-19)22-15-7-2-1-3-8-15)12-16-9-10-17(27-16)13-5-4-6-14(11-13)20(25)26/h1-12H,(H,25,26)(H,22,23,24)/p-1/b18-12-. The number of hydrogen-bond acceptors (Lipinski definition) is 6. The fourth-order valence-electron chi connectivity index (χ4n) is 2.61. The summed E-state index contributed by atoms with van der Waals surface area (Å²) in [5, 5.41) is 14.2. The molecule has 2 aromatic carbocycles. The summed E-state index contributed by atoms with van der Waals surface area (Å²) in [5.41, 5.74) is 1.43. The number of hydrogen-bond donors (Lipinski definition) is 1. The second kappa shape index (κ2) is 7.58. The van der Waals surface area contributed by atoms with Crippen molar-refractivity contribution in [2.45, 2.75) is 0 Å². The zero-order chi connectivity index (χ0) is 19.5. The highest BCUT2D eigenvalue weighted by molar-refractivity contribution is 8.18. The lowest BCUT2D eigenvalue weighted by Gasteiger charge is -2.03. The van der Waals surface area contributed by atoms with Crippen molar-refractivity contribution in [1.82, 2.24) is 5.32 Å². The molecule has 3 aromatic rings. The largest absolute Gasteiger partial charge is 0.545 e. The quantitative estimate of drug-likeness (QED) is 0.692. The molecule has 0 spiro atoms. The Labute approximate surface area is 164 Å². The maximum atomic E-state index is 12.2. The second-order valence-corrected chi connectivity index (χ2v) is 6.92. The fourth-order valence-corrected chi connectivity index (χ4v) is 3.44. The number of carbonyl (C=O) groups is 2. The molecule has 1 aromatic heterocycles. The predicted molar refractivity (Wildman–Crippen MR) is 106 cm³/mol. The minimum Gasteiger partial charge on any atom is -0.545 e. The maximum Gasteiger partial charge on any atom is 0.264 e. The normalized spacial score (nSPS) is 16.5. The number of thioether (sulfide) groups is 1. The Morgan fingerprint density at radius 3 is 2.68 bits per heavy atom. The van der Waals surface area contributed by atoms with Crippen molar-refractivity contribution in [2.24, 2.45) is 4.99 Å². The lowest BCUT2D eigenvalue weighted by atomic mass is 10.1. The van der Waals surface area contributed by atoms with Crippen LogP contribution in [0.5, 0.6) is 0 Å². The van der Waals surface area contributed by atoms with E-state index in [4.69, 9.17) is 4.42 Å². The lowest BCUT2D eigenvalue weighted by molar-refractivity contribution is -0.255. The van der Waals surface area contributed by atoms with E-state index in [0.29, 0.717) is 27.2 Å². The third kappa shape index (κ3) is 3.89. The van der Waals surface area contributed by atoms with Gasteiger partial charge in [-0.15, -0.1) is 0 Å². The van der Waals surface area contributed by atoms with Crippen LogP contribution in [0.4, 0.5) is 5.69 Å². The number of carboxylic acids is 1. The maximum absolute atomic E-state index is 12.2. The van der Waals surface area contributed by atoms with E-state index < -0.39 is 5.97 Å². The van der Waals surface area contributed by atoms with Gasteiger partial charge in [-0.05, 0) is 47.7 Å². The van der Waals surface area contributed by atoms with E-state index in [2.05, 4.69) is 10.3 Å². The van der Waals surface area contributed by atoms with Crippen LogP contribution in [-0.4, -0.2) is 17.0 Å². The summed E-state index contributed by atoms with van der Waals surface area (Å²) in [6, 6.07) is 19.1. The zero-order valence-electron chi connectivity index (χ0n) is 14.4. The molecule has 1 aliphatic rings. The van der Waals surface area contributed by atoms with Crippen LogP contribution in [0.15, 0.2) is 81.0 Å². The number of amidine groups is 1. The number of para-hydroxylation sites is 1. The Morgan fingerprint density at radius 1 is 1.07 bits per heavy atom. The highest BCUT2D eigenvalue weighted by Crippen LogP contribution is 2.30. The van der Waals surface area contributed by atoms with E-state index in [1.165, 1.54) is 23.9 Å². The summed E-state index contributed by atoms with van der Waals surface area (Å²) in [6.45, 7) is 0. The first kappa shape index (κ1) is 17.8. The van der Waals surface area contributed by atoms with Gasteiger partial charge in [0, 0.05) is 11.6 Å². The number of nitrogens with one attached hydrogen (secondary N) is 1. The highest BCUT2D eigenvalue weighted by atomic mass is 32.2. The van der Waals surface area contributed by atoms with Crippen LogP contribution < -0.4 is 10.4 Å². The molecule has 7 heteroatoms. The third-order valence-electron chi connectivity index (χ3n) is 3.92. The van der Waals surface area contributed by atoms with Crippen molar-refractivity contribution < 1.29 is 19.1 Å². The van der Waals surface area contributed by atoms with Crippen molar-refractivity contribution in [3.63, 3.8) is 0 Å². The number of rotatable bonds is 4. The monoisotopic (exact) mass is 389 g/mol. The molecule has 1 aliphatic heterocycles. The number of benzene rings is 2. The number of nitrogens with zero attached hydrogens (tertiary/aromatic N) is 1. The van der Waals surface area contributed by atoms with Gasteiger partial charge in [0.1, 0.15) is 11.5 Å². The molecule has 0 radical (unpaired) electrons. The Morgan fingerprint density at radius 2 is 1.89 bits per heavy atom. The summed E-state index contributed by atoms with van der Waals surface area (Å²) in [7, 11) is 0. The summed E-state index contributed by atoms with van der Waals surface area (Å²) in [6.07, 6.45) is 1.62. The van der Waals surface area contributed by atoms with Gasteiger partial charge in [0.2, 0.25) is 0 Å². The third-order valence-corrected chi connectivity index (χ3v) is 4.83. The summed E-state index contributed by atoms with van der Waals surface area (Å²) < 4.78 is 5.75. The van der Waals surface area contributed by atoms with Crippen molar-refractivity contribution in [3.05, 3.63) is 83.0 Å². The van der Waals surface area contributed by atoms with E-state index in [1.54, 1.807) is 30.3 Å². The number of carbonyl (C=O) groups excluding carboxylic acids is 2. The van der Waals surface area contributed by atoms with Gasteiger partial charge in [-0.25, -0.2) is 4.99 Å². The molecule has 0 atom stereocenters. The minimum absolute atomic E-state index is 0.0706. The van der Waals surface area contributed by atoms with E-state index in [0.717, 1.165) is 5.69 Å². The van der Waals surface area contributed by atoms with Crippen LogP contribution >= 0.6 is 11.8 Å². The van der Waals surface area contributed by atoms with Crippen LogP contribution in [0.2, 0.25) is 0 Å². The van der Waals surface area contributed by atoms with Crippen LogP contribution in [0.25, 0.3) is 17.4 Å². The first-order chi connectivity index (χ1) is 13.6. The molecular formula is C21H13N2O4S-. The molecule has 0 bridgehead atoms. The van der Waals surface area contributed by atoms with Crippen molar-refractivity contribution in [3.8, 4) is 11.3 Å². The van der Waals surface area contributed by atoms with E-state index in [9.17, 15) is 14.7 Å². The van der Waals surface area contributed by atoms with Crippen molar-refractivity contribution in [2.75, 3.05) is 0 Å². The van der Waals surface area contributed by atoms with Crippen LogP contribution in [0.1, 0.15) is 16.1 Å². The topological polar surface area (TPSA) is 94.7 Å². The molecule has 0 aliphatic carbocycles. The SMILES string of the molecule is O=C1NC(=Nc2ccccc2)S/C1=C\c1ccc(-c2cccc(C(=O)[O-])c2)o1. The molecule has 1 amide bonds. The van der Waals surface area contributed by atoms with Gasteiger partial charge < -0.3 is 19.6 Å². The summed E-state index contributed by atoms with van der Waals surface area (Å²) in [4.78, 5) is 28.0. The van der Waals surface area contributed by atoms with Gasteiger partial charge in [-0.3, -0.25) is 4.79 Å². The van der Waals surface area contributed by atoms with Gasteiger partial charge in [0.25, 0.3) is 5.91 Å². The average Bonchev–Trinajstić information content (AvgIpc) is 3.30. The number of aromatic carboxylic acids is 1. The van der Waals surface area contributed by atoms with Gasteiger partial charge >= 0.3 is 0 Å². The molecule has 0 saturated carbocycles. The lowest BCUT2D eigenvalue weighted by Crippen LogP contribution is -2.22. The number of aliphatic imine (C=N–C) groups is 1. The van der Waals surface area contributed by atoms with E-state index in [1.807, 2.05) is 30.3 Å². The van der Waals surface area contributed by atoms with Crippen LogP contribution in [0.3, 0.4) is 0 Å². The molecule has 1 saturated heterocycles. The molecule has 1 N–H and O–H groups in total. The predicted octanol–water partition coefficient (Wildman–Crippen LogP) is 3.20. The first-order valence-corrected chi connectivity index (χ1v) is 9.16. The van der Waals surface area contributed by atoms with Crippen LogP contribution in [-0.2, 0) is 4.79 Å². The van der Waals surface area contributed by atoms with Crippen molar-refractivity contribution >= 4 is 40.6 Å². The highest BCUT2D eigenvalue weighted by Gasteiger charge is 2.24. The second-order valence-electron chi connectivity index (χ2n) is 5.89. The average molecular weight is 389 g/mol. The molecule has 0 unspecified atom stereocenters. The van der Waals surface area contributed by atoms with Crippen LogP contribution in [0, 0.1) is 0 Å². The molecule has 2 heterocycles. The number of carboxylic acid groups (broad SMARTS) is 1. The summed E-state index contributed by atoms with van der Waals surface area (Å²) >= 11 is 1.22. The van der Waals surface area contributed by atoms with E-state index in [-0.39, 0.29) is 11.5 Å². The minimum atomic E-state index is -1.25. The molecule has 28 heavy (non-hydrogen) atoms. The number of amides is 1. The molecular weight excluding hydrogens is 376 g/mol. The Kier molecular flexibility index (Phi) is 4.82. The fraction of sp³-hybridized carbons (Fsp3) is 0. The smallest absolute Gasteiger partial charge is 0.264 e. The van der Waals surface area contributed by atoms with Gasteiger partial charge in [-0.1, -0.05) is 36.4 Å². The van der Waals surface area contributed by atoms with E-state index >= 15 is 0 Å². The van der Waals surface area contributed by atoms with Crippen molar-refractivity contribution in [1.29, 1.82) is 0 Å². The Bertz CT molecular complexity index is 1120. The number of furan rings is 1. The van der Waals surface area contributed by atoms with Gasteiger partial charge in [0.05, 0.1) is 16.6 Å². The Balaban J connectivity index is 1.55.